The molecule has 31 heavy (non-hydrogen) atoms. The highest BCUT2D eigenvalue weighted by atomic mass is 16.6. The number of ether oxygens (including phenoxy) is 2. The minimum atomic E-state index is -0.596. The Morgan fingerprint density at radius 1 is 1.10 bits per heavy atom. The van der Waals surface area contributed by atoms with Gasteiger partial charge in [0, 0.05) is 11.8 Å². The second kappa shape index (κ2) is 13.0. The van der Waals surface area contributed by atoms with Gasteiger partial charge in [0.2, 0.25) is 0 Å². The number of carbonyl (C=O) groups excluding carboxylic acids is 2. The Kier molecular flexibility index (Phi) is 10.1. The van der Waals surface area contributed by atoms with E-state index in [1.807, 2.05) is 37.3 Å². The normalized spacial score (nSPS) is 12.7. The molecule has 0 aliphatic heterocycles. The fourth-order valence-corrected chi connectivity index (χ4v) is 2.95. The van der Waals surface area contributed by atoms with Gasteiger partial charge in [-0.25, -0.2) is 10.3 Å². The average molecular weight is 428 g/mol. The van der Waals surface area contributed by atoms with E-state index in [9.17, 15) is 9.59 Å². The van der Waals surface area contributed by atoms with Crippen LogP contribution in [0.25, 0.3) is 0 Å². The van der Waals surface area contributed by atoms with E-state index in [0.717, 1.165) is 5.56 Å². The zero-order chi connectivity index (χ0) is 22.5. The molecular formula is C23H28N2O6. The van der Waals surface area contributed by atoms with Crippen molar-refractivity contribution in [1.82, 2.24) is 5.48 Å². The van der Waals surface area contributed by atoms with Gasteiger partial charge in [-0.2, -0.15) is 0 Å². The predicted molar refractivity (Wildman–Crippen MR) is 116 cm³/mol. The fourth-order valence-electron chi connectivity index (χ4n) is 2.95. The van der Waals surface area contributed by atoms with Gasteiger partial charge in [0.1, 0.15) is 18.5 Å². The maximum atomic E-state index is 12.5. The molecule has 166 valence electrons. The molecule has 8 nitrogen and oxygen atoms in total. The molecule has 2 amide bonds. The zero-order valence-electron chi connectivity index (χ0n) is 17.4. The minimum absolute atomic E-state index is 0.0624. The Morgan fingerprint density at radius 3 is 2.45 bits per heavy atom. The first kappa shape index (κ1) is 23.9. The third kappa shape index (κ3) is 8.49. The van der Waals surface area contributed by atoms with Crippen LogP contribution >= 0.6 is 0 Å². The molecule has 0 heterocycles. The molecule has 4 N–H and O–H groups in total. The Morgan fingerprint density at radius 2 is 1.81 bits per heavy atom. The van der Waals surface area contributed by atoms with Crippen molar-refractivity contribution in [3.8, 4) is 5.75 Å². The first-order valence-electron chi connectivity index (χ1n) is 10.0. The number of carbonyl (C=O) groups is 2. The molecule has 0 saturated heterocycles. The SMILES string of the molecule is C[C@H](CC/C=C/C(=O)NO)[C@@H](OC(=O)Nc1ccccc1)c1ccc(OCCO)cc1. The van der Waals surface area contributed by atoms with E-state index in [2.05, 4.69) is 5.32 Å². The van der Waals surface area contributed by atoms with Gasteiger partial charge in [-0.05, 0) is 48.6 Å². The molecule has 0 bridgehead atoms. The molecule has 0 radical (unpaired) electrons. The summed E-state index contributed by atoms with van der Waals surface area (Å²) in [5.74, 6) is -0.0513. The molecule has 2 aromatic rings. The lowest BCUT2D eigenvalue weighted by atomic mass is 9.93. The molecule has 2 atom stereocenters. The number of hydrogen-bond acceptors (Lipinski definition) is 6. The number of rotatable bonds is 11. The first-order chi connectivity index (χ1) is 15.0. The highest BCUT2D eigenvalue weighted by Crippen LogP contribution is 2.31. The molecule has 0 unspecified atom stereocenters. The number of aliphatic hydroxyl groups excluding tert-OH is 1. The number of benzene rings is 2. The number of hydrogen-bond donors (Lipinski definition) is 4. The van der Waals surface area contributed by atoms with Crippen LogP contribution in [0, 0.1) is 5.92 Å². The maximum Gasteiger partial charge on any atom is 0.412 e. The molecule has 0 aliphatic carbocycles. The summed E-state index contributed by atoms with van der Waals surface area (Å²) in [4.78, 5) is 23.6. The molecule has 2 rings (SSSR count). The van der Waals surface area contributed by atoms with Crippen LogP contribution in [0.5, 0.6) is 5.75 Å². The van der Waals surface area contributed by atoms with E-state index < -0.39 is 18.1 Å². The summed E-state index contributed by atoms with van der Waals surface area (Å²) in [6, 6.07) is 16.2. The molecule has 0 aromatic heterocycles. The standard InChI is InChI=1S/C23H28N2O6/c1-17(7-5-6-10-21(27)25-29)22(18-11-13-20(14-12-18)30-16-15-26)31-23(28)24-19-8-3-2-4-9-19/h2-4,6,8-14,17,22,26,29H,5,7,15-16H2,1H3,(H,24,28)(H,25,27)/b10-6+/t17-,22-/m1/s1. The maximum absolute atomic E-state index is 12.5. The number of amides is 2. The van der Waals surface area contributed by atoms with Crippen molar-refractivity contribution in [3.63, 3.8) is 0 Å². The Hall–Kier alpha value is -3.36. The van der Waals surface area contributed by atoms with Gasteiger partial charge in [0.25, 0.3) is 5.91 Å². The van der Waals surface area contributed by atoms with Gasteiger partial charge in [-0.1, -0.05) is 43.3 Å². The molecule has 0 saturated carbocycles. The van der Waals surface area contributed by atoms with Crippen LogP contribution < -0.4 is 15.5 Å². The number of para-hydroxylation sites is 1. The Labute approximate surface area is 181 Å². The van der Waals surface area contributed by atoms with E-state index >= 15 is 0 Å². The van der Waals surface area contributed by atoms with Gasteiger partial charge in [-0.15, -0.1) is 0 Å². The van der Waals surface area contributed by atoms with Gasteiger partial charge >= 0.3 is 6.09 Å². The highest BCUT2D eigenvalue weighted by Gasteiger charge is 2.23. The van der Waals surface area contributed by atoms with E-state index in [1.165, 1.54) is 11.6 Å². The number of hydroxylamine groups is 1. The molecular weight excluding hydrogens is 400 g/mol. The van der Waals surface area contributed by atoms with E-state index in [-0.39, 0.29) is 19.1 Å². The van der Waals surface area contributed by atoms with Gasteiger partial charge in [-0.3, -0.25) is 15.3 Å². The second-order valence-electron chi connectivity index (χ2n) is 6.89. The van der Waals surface area contributed by atoms with Crippen LogP contribution in [-0.4, -0.2) is 35.5 Å². The first-order valence-corrected chi connectivity index (χ1v) is 10.0. The van der Waals surface area contributed by atoms with Crippen molar-refractivity contribution in [1.29, 1.82) is 0 Å². The van der Waals surface area contributed by atoms with Crippen LogP contribution in [0.1, 0.15) is 31.4 Å². The summed E-state index contributed by atoms with van der Waals surface area (Å²) in [5, 5.41) is 20.1. The third-order valence-electron chi connectivity index (χ3n) is 4.51. The topological polar surface area (TPSA) is 117 Å². The van der Waals surface area contributed by atoms with Crippen molar-refractivity contribution in [2.75, 3.05) is 18.5 Å². The van der Waals surface area contributed by atoms with Gasteiger partial charge < -0.3 is 14.6 Å². The van der Waals surface area contributed by atoms with Crippen LogP contribution in [0.4, 0.5) is 10.5 Å². The van der Waals surface area contributed by atoms with Crippen molar-refractivity contribution in [2.45, 2.75) is 25.9 Å². The second-order valence-corrected chi connectivity index (χ2v) is 6.89. The van der Waals surface area contributed by atoms with E-state index in [0.29, 0.717) is 24.3 Å². The van der Waals surface area contributed by atoms with Crippen LogP contribution in [0.2, 0.25) is 0 Å². The summed E-state index contributed by atoms with van der Waals surface area (Å²) in [7, 11) is 0. The van der Waals surface area contributed by atoms with Crippen molar-refractivity contribution < 1.29 is 29.4 Å². The number of aliphatic hydroxyl groups is 1. The quantitative estimate of drug-likeness (QED) is 0.246. The Balaban J connectivity index is 2.09. The number of nitrogens with one attached hydrogen (secondary N) is 2. The van der Waals surface area contributed by atoms with Gasteiger partial charge in [0.15, 0.2) is 0 Å². The molecule has 0 aliphatic rings. The Bertz CT molecular complexity index is 839. The minimum Gasteiger partial charge on any atom is -0.491 e. The summed E-state index contributed by atoms with van der Waals surface area (Å²) in [6.45, 7) is 2.07. The van der Waals surface area contributed by atoms with Crippen LogP contribution in [0.15, 0.2) is 66.7 Å². The number of anilines is 1. The summed E-state index contributed by atoms with van der Waals surface area (Å²) in [5.41, 5.74) is 2.96. The van der Waals surface area contributed by atoms with Gasteiger partial charge in [0.05, 0.1) is 6.61 Å². The number of allylic oxidation sites excluding steroid dienone is 1. The van der Waals surface area contributed by atoms with Crippen LogP contribution in [-0.2, 0) is 9.53 Å². The van der Waals surface area contributed by atoms with E-state index in [1.54, 1.807) is 30.3 Å². The molecule has 0 fully saturated rings. The molecule has 8 heteroatoms. The molecule has 0 spiro atoms. The predicted octanol–water partition coefficient (Wildman–Crippen LogP) is 3.83. The fraction of sp³-hybridized carbons (Fsp3) is 0.304. The zero-order valence-corrected chi connectivity index (χ0v) is 17.4. The highest BCUT2D eigenvalue weighted by molar-refractivity contribution is 5.86. The van der Waals surface area contributed by atoms with Crippen molar-refractivity contribution in [2.24, 2.45) is 5.92 Å². The van der Waals surface area contributed by atoms with E-state index in [4.69, 9.17) is 19.8 Å². The lowest BCUT2D eigenvalue weighted by molar-refractivity contribution is -0.124. The molecule has 2 aromatic carbocycles. The monoisotopic (exact) mass is 428 g/mol. The smallest absolute Gasteiger partial charge is 0.412 e. The lowest BCUT2D eigenvalue weighted by Crippen LogP contribution is -2.22. The van der Waals surface area contributed by atoms with Crippen molar-refractivity contribution in [3.05, 3.63) is 72.3 Å². The van der Waals surface area contributed by atoms with Crippen LogP contribution in [0.3, 0.4) is 0 Å². The van der Waals surface area contributed by atoms with Crippen molar-refractivity contribution >= 4 is 17.7 Å². The lowest BCUT2D eigenvalue weighted by Gasteiger charge is -2.25. The third-order valence-corrected chi connectivity index (χ3v) is 4.51. The summed E-state index contributed by atoms with van der Waals surface area (Å²) >= 11 is 0. The largest absolute Gasteiger partial charge is 0.491 e. The summed E-state index contributed by atoms with van der Waals surface area (Å²) in [6.07, 6.45) is 3.00. The average Bonchev–Trinajstić information content (AvgIpc) is 2.79. The summed E-state index contributed by atoms with van der Waals surface area (Å²) < 4.78 is 11.1.